The molecule has 2 aromatic rings. The fourth-order valence-electron chi connectivity index (χ4n) is 1.44. The van der Waals surface area contributed by atoms with Gasteiger partial charge in [-0.3, -0.25) is 4.98 Å². The lowest BCUT2D eigenvalue weighted by atomic mass is 10.2. The van der Waals surface area contributed by atoms with E-state index in [0.717, 1.165) is 21.9 Å². The van der Waals surface area contributed by atoms with Gasteiger partial charge in [0.1, 0.15) is 0 Å². The van der Waals surface area contributed by atoms with Crippen molar-refractivity contribution < 1.29 is 0 Å². The average molecular weight is 265 g/mol. The summed E-state index contributed by atoms with van der Waals surface area (Å²) >= 11 is 7.80. The molecule has 17 heavy (non-hydrogen) atoms. The van der Waals surface area contributed by atoms with Crippen molar-refractivity contribution in [3.63, 3.8) is 0 Å². The molecule has 0 amide bonds. The molecule has 2 nitrogen and oxygen atoms in total. The maximum atomic E-state index is 6.05. The van der Waals surface area contributed by atoms with E-state index in [1.54, 1.807) is 24.2 Å². The lowest BCUT2D eigenvalue weighted by Crippen LogP contribution is -1.95. The quantitative estimate of drug-likeness (QED) is 0.860. The summed E-state index contributed by atoms with van der Waals surface area (Å²) in [5.74, 6) is 0.843. The minimum Gasteiger partial charge on any atom is -0.326 e. The van der Waals surface area contributed by atoms with Gasteiger partial charge in [-0.1, -0.05) is 23.7 Å². The van der Waals surface area contributed by atoms with Crippen LogP contribution >= 0.6 is 23.4 Å². The van der Waals surface area contributed by atoms with E-state index in [2.05, 4.69) is 17.1 Å². The molecule has 0 fully saturated rings. The fourth-order valence-corrected chi connectivity index (χ4v) is 2.69. The summed E-state index contributed by atoms with van der Waals surface area (Å²) in [5, 5.41) is 0.718. The molecule has 1 heterocycles. The van der Waals surface area contributed by atoms with Crippen LogP contribution in [0.2, 0.25) is 5.02 Å². The third-order valence-corrected chi connectivity index (χ3v) is 3.77. The minimum absolute atomic E-state index is 0.574. The van der Waals surface area contributed by atoms with Crippen molar-refractivity contribution in [3.05, 3.63) is 58.9 Å². The molecule has 0 aliphatic carbocycles. The zero-order valence-corrected chi connectivity index (χ0v) is 10.8. The van der Waals surface area contributed by atoms with Crippen LogP contribution in [0.15, 0.2) is 47.6 Å². The predicted molar refractivity (Wildman–Crippen MR) is 73.1 cm³/mol. The van der Waals surface area contributed by atoms with Gasteiger partial charge in [-0.25, -0.2) is 0 Å². The third kappa shape index (κ3) is 3.46. The van der Waals surface area contributed by atoms with Gasteiger partial charge >= 0.3 is 0 Å². The molecular weight excluding hydrogens is 252 g/mol. The van der Waals surface area contributed by atoms with Crippen LogP contribution in [0.25, 0.3) is 0 Å². The first kappa shape index (κ1) is 12.4. The monoisotopic (exact) mass is 264 g/mol. The Labute approximate surface area is 110 Å². The summed E-state index contributed by atoms with van der Waals surface area (Å²) in [6.07, 6.45) is 3.44. The number of hydrogen-bond acceptors (Lipinski definition) is 3. The van der Waals surface area contributed by atoms with Gasteiger partial charge in [-0.15, -0.1) is 11.8 Å². The van der Waals surface area contributed by atoms with Crippen LogP contribution in [0.5, 0.6) is 0 Å². The van der Waals surface area contributed by atoms with Gasteiger partial charge in [0.05, 0.1) is 5.02 Å². The van der Waals surface area contributed by atoms with Crippen molar-refractivity contribution in [1.82, 2.24) is 4.98 Å². The molecule has 1 aromatic carbocycles. The molecule has 0 saturated carbocycles. The van der Waals surface area contributed by atoms with Crippen molar-refractivity contribution in [2.24, 2.45) is 5.73 Å². The summed E-state index contributed by atoms with van der Waals surface area (Å²) in [7, 11) is 0. The first-order chi connectivity index (χ1) is 8.29. The SMILES string of the molecule is NCc1cccc(SCc2ccncc2Cl)c1. The molecule has 0 aliphatic rings. The number of benzene rings is 1. The Balaban J connectivity index is 2.05. The summed E-state index contributed by atoms with van der Waals surface area (Å²) in [6, 6.07) is 10.2. The van der Waals surface area contributed by atoms with Crippen molar-refractivity contribution in [3.8, 4) is 0 Å². The Morgan fingerprint density at radius 3 is 2.94 bits per heavy atom. The van der Waals surface area contributed by atoms with E-state index in [9.17, 15) is 0 Å². The van der Waals surface area contributed by atoms with Crippen molar-refractivity contribution in [2.75, 3.05) is 0 Å². The maximum absolute atomic E-state index is 6.05. The molecule has 0 bridgehead atoms. The van der Waals surface area contributed by atoms with E-state index < -0.39 is 0 Å². The van der Waals surface area contributed by atoms with Crippen LogP contribution in [0.4, 0.5) is 0 Å². The number of rotatable bonds is 4. The highest BCUT2D eigenvalue weighted by Crippen LogP contribution is 2.26. The molecule has 0 unspecified atom stereocenters. The number of halogens is 1. The minimum atomic E-state index is 0.574. The molecule has 4 heteroatoms. The van der Waals surface area contributed by atoms with Gasteiger partial charge < -0.3 is 5.73 Å². The molecule has 0 radical (unpaired) electrons. The molecule has 0 spiro atoms. The van der Waals surface area contributed by atoms with Crippen LogP contribution < -0.4 is 5.73 Å². The summed E-state index contributed by atoms with van der Waals surface area (Å²) < 4.78 is 0. The zero-order valence-electron chi connectivity index (χ0n) is 9.27. The maximum Gasteiger partial charge on any atom is 0.0629 e. The van der Waals surface area contributed by atoms with Crippen molar-refractivity contribution >= 4 is 23.4 Å². The fraction of sp³-hybridized carbons (Fsp3) is 0.154. The standard InChI is InChI=1S/C13H13ClN2S/c14-13-8-16-5-4-11(13)9-17-12-3-1-2-10(6-12)7-15/h1-6,8H,7,9,15H2. The number of hydrogen-bond donors (Lipinski definition) is 1. The number of thioether (sulfide) groups is 1. The number of aromatic nitrogens is 1. The lowest BCUT2D eigenvalue weighted by molar-refractivity contribution is 1.06. The molecule has 0 aliphatic heterocycles. The molecule has 1 aromatic heterocycles. The Morgan fingerprint density at radius 1 is 1.29 bits per heavy atom. The third-order valence-electron chi connectivity index (χ3n) is 2.38. The second-order valence-corrected chi connectivity index (χ2v) is 5.06. The van der Waals surface area contributed by atoms with Gasteiger partial charge in [-0.2, -0.15) is 0 Å². The highest BCUT2D eigenvalue weighted by atomic mass is 35.5. The van der Waals surface area contributed by atoms with Gasteiger partial charge in [0.15, 0.2) is 0 Å². The molecule has 2 N–H and O–H groups in total. The summed E-state index contributed by atoms with van der Waals surface area (Å²) in [5.41, 5.74) is 7.86. The van der Waals surface area contributed by atoms with Gasteiger partial charge in [-0.05, 0) is 29.3 Å². The topological polar surface area (TPSA) is 38.9 Å². The molecule has 0 atom stereocenters. The number of nitrogens with zero attached hydrogens (tertiary/aromatic N) is 1. The highest BCUT2D eigenvalue weighted by Gasteiger charge is 2.01. The van der Waals surface area contributed by atoms with Crippen LogP contribution in [0.1, 0.15) is 11.1 Å². The largest absolute Gasteiger partial charge is 0.326 e. The van der Waals surface area contributed by atoms with E-state index in [-0.39, 0.29) is 0 Å². The second kappa shape index (κ2) is 6.05. The van der Waals surface area contributed by atoms with E-state index >= 15 is 0 Å². The van der Waals surface area contributed by atoms with Gasteiger partial charge in [0.2, 0.25) is 0 Å². The average Bonchev–Trinajstić information content (AvgIpc) is 2.38. The van der Waals surface area contributed by atoms with Crippen LogP contribution in [-0.2, 0) is 12.3 Å². The molecular formula is C13H13ClN2S. The Morgan fingerprint density at radius 2 is 2.18 bits per heavy atom. The van der Waals surface area contributed by atoms with Crippen LogP contribution in [0.3, 0.4) is 0 Å². The first-order valence-corrected chi connectivity index (χ1v) is 6.66. The highest BCUT2D eigenvalue weighted by molar-refractivity contribution is 7.98. The van der Waals surface area contributed by atoms with Crippen molar-refractivity contribution in [2.45, 2.75) is 17.2 Å². The predicted octanol–water partition coefficient (Wildman–Crippen LogP) is 3.49. The zero-order chi connectivity index (χ0) is 12.1. The van der Waals surface area contributed by atoms with Crippen LogP contribution in [0, 0.1) is 0 Å². The normalized spacial score (nSPS) is 10.5. The molecule has 0 saturated heterocycles. The van der Waals surface area contributed by atoms with E-state index in [4.69, 9.17) is 17.3 Å². The van der Waals surface area contributed by atoms with Crippen molar-refractivity contribution in [1.29, 1.82) is 0 Å². The van der Waals surface area contributed by atoms with Gasteiger partial charge in [0, 0.05) is 29.6 Å². The van der Waals surface area contributed by atoms with Gasteiger partial charge in [0.25, 0.3) is 0 Å². The summed E-state index contributed by atoms with van der Waals surface area (Å²) in [4.78, 5) is 5.18. The van der Waals surface area contributed by atoms with E-state index in [1.807, 2.05) is 18.2 Å². The number of pyridine rings is 1. The Bertz CT molecular complexity index is 502. The molecule has 88 valence electrons. The van der Waals surface area contributed by atoms with E-state index in [1.165, 1.54) is 4.90 Å². The number of nitrogens with two attached hydrogens (primary N) is 1. The lowest BCUT2D eigenvalue weighted by Gasteiger charge is -2.05. The summed E-state index contributed by atoms with van der Waals surface area (Å²) in [6.45, 7) is 0.574. The Hall–Kier alpha value is -1.03. The van der Waals surface area contributed by atoms with Crippen LogP contribution in [-0.4, -0.2) is 4.98 Å². The Kier molecular flexibility index (Phi) is 4.42. The first-order valence-electron chi connectivity index (χ1n) is 5.30. The smallest absolute Gasteiger partial charge is 0.0629 e. The second-order valence-electron chi connectivity index (χ2n) is 3.61. The molecule has 2 rings (SSSR count). The van der Waals surface area contributed by atoms with E-state index in [0.29, 0.717) is 6.54 Å².